The van der Waals surface area contributed by atoms with Crippen molar-refractivity contribution >= 4 is 11.9 Å². The number of rotatable bonds is 63. The van der Waals surface area contributed by atoms with Crippen molar-refractivity contribution in [2.24, 2.45) is 0 Å². The molecular formula is C68H131NO5. The lowest BCUT2D eigenvalue weighted by Gasteiger charge is -2.22. The van der Waals surface area contributed by atoms with E-state index in [4.69, 9.17) is 4.74 Å². The number of ether oxygens (including phenoxy) is 1. The fraction of sp³-hybridized carbons (Fsp3) is 0.912. The van der Waals surface area contributed by atoms with Gasteiger partial charge in [0.15, 0.2) is 0 Å². The van der Waals surface area contributed by atoms with Crippen molar-refractivity contribution in [2.75, 3.05) is 13.2 Å². The summed E-state index contributed by atoms with van der Waals surface area (Å²) >= 11 is 0. The Labute approximate surface area is 462 Å². The molecule has 0 aromatic heterocycles. The Kier molecular flexibility index (Phi) is 62.4. The van der Waals surface area contributed by atoms with Gasteiger partial charge in [0.05, 0.1) is 25.4 Å². The van der Waals surface area contributed by atoms with E-state index in [9.17, 15) is 19.8 Å². The van der Waals surface area contributed by atoms with Gasteiger partial charge >= 0.3 is 5.97 Å². The molecule has 6 nitrogen and oxygen atoms in total. The molecule has 0 fully saturated rings. The highest BCUT2D eigenvalue weighted by Crippen LogP contribution is 2.19. The highest BCUT2D eigenvalue weighted by molar-refractivity contribution is 5.76. The van der Waals surface area contributed by atoms with Crippen LogP contribution in [0.3, 0.4) is 0 Å². The predicted molar refractivity (Wildman–Crippen MR) is 324 cm³/mol. The number of esters is 1. The Morgan fingerprint density at radius 1 is 0.378 bits per heavy atom. The van der Waals surface area contributed by atoms with Gasteiger partial charge in [0.1, 0.15) is 0 Å². The lowest BCUT2D eigenvalue weighted by Crippen LogP contribution is -2.45. The highest BCUT2D eigenvalue weighted by atomic mass is 16.5. The monoisotopic (exact) mass is 1040 g/mol. The largest absolute Gasteiger partial charge is 0.466 e. The zero-order valence-corrected chi connectivity index (χ0v) is 50.1. The third kappa shape index (κ3) is 59.6. The van der Waals surface area contributed by atoms with Crippen molar-refractivity contribution < 1.29 is 24.5 Å². The molecule has 3 N–H and O–H groups in total. The molecule has 438 valence electrons. The van der Waals surface area contributed by atoms with E-state index >= 15 is 0 Å². The minimum absolute atomic E-state index is 0.00523. The maximum Gasteiger partial charge on any atom is 0.305 e. The van der Waals surface area contributed by atoms with Gasteiger partial charge in [-0.2, -0.15) is 0 Å². The summed E-state index contributed by atoms with van der Waals surface area (Å²) in [5.41, 5.74) is 0. The molecule has 0 aromatic carbocycles. The Balaban J connectivity index is 3.33. The molecule has 74 heavy (non-hydrogen) atoms. The molecule has 0 heterocycles. The number of aliphatic hydroxyl groups excluding tert-OH is 2. The van der Waals surface area contributed by atoms with E-state index < -0.39 is 12.1 Å². The van der Waals surface area contributed by atoms with E-state index in [1.165, 1.54) is 289 Å². The van der Waals surface area contributed by atoms with Crippen LogP contribution in [0.5, 0.6) is 0 Å². The number of unbranched alkanes of at least 4 members (excludes halogenated alkanes) is 48. The van der Waals surface area contributed by atoms with Crippen LogP contribution in [-0.2, 0) is 14.3 Å². The van der Waals surface area contributed by atoms with Crippen LogP contribution in [-0.4, -0.2) is 47.4 Å². The Hall–Kier alpha value is -1.66. The van der Waals surface area contributed by atoms with Crippen molar-refractivity contribution in [1.82, 2.24) is 5.32 Å². The van der Waals surface area contributed by atoms with E-state index in [1.807, 2.05) is 0 Å². The lowest BCUT2D eigenvalue weighted by atomic mass is 10.0. The van der Waals surface area contributed by atoms with Crippen molar-refractivity contribution in [3.05, 3.63) is 24.3 Å². The minimum Gasteiger partial charge on any atom is -0.466 e. The first-order valence-corrected chi connectivity index (χ1v) is 33.6. The molecule has 0 aliphatic carbocycles. The van der Waals surface area contributed by atoms with Crippen LogP contribution >= 0.6 is 0 Å². The molecule has 0 bridgehead atoms. The third-order valence-electron chi connectivity index (χ3n) is 15.8. The summed E-state index contributed by atoms with van der Waals surface area (Å²) in [6, 6.07) is -0.538. The number of carbonyl (C=O) groups excluding carboxylic acids is 2. The quantitative estimate of drug-likeness (QED) is 0.0320. The average Bonchev–Trinajstić information content (AvgIpc) is 3.40. The normalized spacial score (nSPS) is 12.6. The first-order valence-electron chi connectivity index (χ1n) is 33.6. The maximum absolute atomic E-state index is 12.5. The van der Waals surface area contributed by atoms with E-state index in [0.717, 1.165) is 51.4 Å². The molecule has 0 saturated carbocycles. The summed E-state index contributed by atoms with van der Waals surface area (Å²) in [7, 11) is 0. The zero-order valence-electron chi connectivity index (χ0n) is 50.1. The fourth-order valence-electron chi connectivity index (χ4n) is 10.6. The van der Waals surface area contributed by atoms with Gasteiger partial charge in [0.25, 0.3) is 0 Å². The second-order valence-corrected chi connectivity index (χ2v) is 23.2. The van der Waals surface area contributed by atoms with Crippen LogP contribution in [0.4, 0.5) is 0 Å². The number of nitrogens with one attached hydrogen (secondary N) is 1. The fourth-order valence-corrected chi connectivity index (χ4v) is 10.6. The second-order valence-electron chi connectivity index (χ2n) is 23.2. The Bertz CT molecular complexity index is 1150. The van der Waals surface area contributed by atoms with Gasteiger partial charge in [-0.3, -0.25) is 9.59 Å². The number of allylic oxidation sites excluding steroid dienone is 4. The van der Waals surface area contributed by atoms with E-state index in [0.29, 0.717) is 25.9 Å². The smallest absolute Gasteiger partial charge is 0.305 e. The average molecular weight is 1040 g/mol. The summed E-state index contributed by atoms with van der Waals surface area (Å²) in [6.07, 6.45) is 79.3. The molecule has 6 heteroatoms. The van der Waals surface area contributed by atoms with Gasteiger partial charge in [-0.05, 0) is 57.8 Å². The molecule has 2 atom stereocenters. The predicted octanol–water partition coefficient (Wildman–Crippen LogP) is 21.4. The van der Waals surface area contributed by atoms with Crippen molar-refractivity contribution in [1.29, 1.82) is 0 Å². The number of amides is 1. The van der Waals surface area contributed by atoms with Gasteiger partial charge in [-0.25, -0.2) is 0 Å². The first kappa shape index (κ1) is 72.3. The van der Waals surface area contributed by atoms with Crippen molar-refractivity contribution in [3.8, 4) is 0 Å². The van der Waals surface area contributed by atoms with Crippen molar-refractivity contribution in [2.45, 2.75) is 386 Å². The van der Waals surface area contributed by atoms with Gasteiger partial charge in [-0.1, -0.05) is 327 Å². The summed E-state index contributed by atoms with van der Waals surface area (Å²) in [6.45, 7) is 4.95. The maximum atomic E-state index is 12.5. The summed E-state index contributed by atoms with van der Waals surface area (Å²) in [5, 5.41) is 23.3. The van der Waals surface area contributed by atoms with Crippen LogP contribution in [0.2, 0.25) is 0 Å². The van der Waals surface area contributed by atoms with E-state index in [1.54, 1.807) is 0 Å². The third-order valence-corrected chi connectivity index (χ3v) is 15.8. The highest BCUT2D eigenvalue weighted by Gasteiger charge is 2.20. The molecule has 0 aliphatic heterocycles. The van der Waals surface area contributed by atoms with Gasteiger partial charge < -0.3 is 20.3 Å². The van der Waals surface area contributed by atoms with Gasteiger partial charge in [0, 0.05) is 12.8 Å². The van der Waals surface area contributed by atoms with Crippen LogP contribution in [0, 0.1) is 0 Å². The van der Waals surface area contributed by atoms with Crippen LogP contribution in [0.1, 0.15) is 373 Å². The molecule has 0 aromatic rings. The molecule has 0 radical (unpaired) electrons. The van der Waals surface area contributed by atoms with Crippen molar-refractivity contribution in [3.63, 3.8) is 0 Å². The SMILES string of the molecule is CCCCC/C=C\C/C=C\CCCCCCCC(=O)OCCCCCCCCCCCCCCCCCCCCCCCCCCCCCCC(=O)NC(CO)C(O)CCCCCCCCCCCCCCCC. The molecule has 0 spiro atoms. The molecular weight excluding hydrogens is 911 g/mol. The lowest BCUT2D eigenvalue weighted by molar-refractivity contribution is -0.143. The Morgan fingerprint density at radius 2 is 0.676 bits per heavy atom. The molecule has 0 saturated heterocycles. The number of aliphatic hydroxyl groups is 2. The van der Waals surface area contributed by atoms with E-state index in [-0.39, 0.29) is 18.5 Å². The topological polar surface area (TPSA) is 95.9 Å². The van der Waals surface area contributed by atoms with Crippen LogP contribution in [0.15, 0.2) is 24.3 Å². The number of carbonyl (C=O) groups is 2. The van der Waals surface area contributed by atoms with Gasteiger partial charge in [0.2, 0.25) is 5.91 Å². The van der Waals surface area contributed by atoms with Gasteiger partial charge in [-0.15, -0.1) is 0 Å². The summed E-state index contributed by atoms with van der Waals surface area (Å²) in [5.74, 6) is -0.0245. The second kappa shape index (κ2) is 63.9. The zero-order chi connectivity index (χ0) is 53.6. The molecule has 1 amide bonds. The number of hydrogen-bond acceptors (Lipinski definition) is 5. The standard InChI is InChI=1S/C68H131NO5/c1-3-5-7-9-11-13-15-17-33-38-42-46-50-54-58-62-68(73)74-63-59-55-51-47-43-39-35-32-30-28-26-24-22-20-19-21-23-25-27-29-31-34-37-41-45-49-53-57-61-67(72)69-65(64-70)66(71)60-56-52-48-44-40-36-18-16-14-12-10-8-6-4-2/h11,13,17,33,65-66,70-71H,3-10,12,14-16,18-32,34-64H2,1-2H3,(H,69,72)/b13-11-,33-17-. The number of hydrogen-bond donors (Lipinski definition) is 3. The molecule has 2 unspecified atom stereocenters. The van der Waals surface area contributed by atoms with Crippen LogP contribution in [0.25, 0.3) is 0 Å². The summed E-state index contributed by atoms with van der Waals surface area (Å²) < 4.78 is 5.49. The van der Waals surface area contributed by atoms with Crippen LogP contribution < -0.4 is 5.32 Å². The first-order chi connectivity index (χ1) is 36.5. The Morgan fingerprint density at radius 3 is 1.05 bits per heavy atom. The summed E-state index contributed by atoms with van der Waals surface area (Å²) in [4.78, 5) is 24.6. The minimum atomic E-state index is -0.661. The molecule has 0 rings (SSSR count). The van der Waals surface area contributed by atoms with E-state index in [2.05, 4.69) is 43.5 Å². The molecule has 0 aliphatic rings.